The first-order chi connectivity index (χ1) is 15.0. The second kappa shape index (κ2) is 12.9. The molecule has 4 amide bonds. The molecule has 176 valence electrons. The molecule has 0 aromatic heterocycles. The summed E-state index contributed by atoms with van der Waals surface area (Å²) in [6, 6.07) is 2.15. The molecule has 13 heteroatoms. The molecule has 0 saturated carbocycles. The van der Waals surface area contributed by atoms with Gasteiger partial charge in [0.25, 0.3) is 0 Å². The van der Waals surface area contributed by atoms with Crippen LogP contribution in [0.5, 0.6) is 5.75 Å². The van der Waals surface area contributed by atoms with Gasteiger partial charge >= 0.3 is 5.97 Å². The number of carboxylic acids is 1. The molecule has 1 rings (SSSR count). The van der Waals surface area contributed by atoms with Gasteiger partial charge in [-0.1, -0.05) is 12.1 Å². The molecule has 3 atom stereocenters. The number of aliphatic hydroxyl groups is 1. The average Bonchev–Trinajstić information content (AvgIpc) is 2.74. The average molecular weight is 453 g/mol. The number of hydrogen-bond donors (Lipinski definition) is 8. The summed E-state index contributed by atoms with van der Waals surface area (Å²) in [5.74, 6) is -4.56. The van der Waals surface area contributed by atoms with E-state index in [9.17, 15) is 29.1 Å². The van der Waals surface area contributed by atoms with E-state index in [0.717, 1.165) is 0 Å². The molecule has 1 aromatic rings. The van der Waals surface area contributed by atoms with Crippen molar-refractivity contribution in [1.82, 2.24) is 16.0 Å². The fourth-order valence-electron chi connectivity index (χ4n) is 2.54. The van der Waals surface area contributed by atoms with Gasteiger partial charge in [0.15, 0.2) is 0 Å². The van der Waals surface area contributed by atoms with Crippen molar-refractivity contribution in [2.75, 3.05) is 13.2 Å². The first-order valence-electron chi connectivity index (χ1n) is 9.56. The maximum absolute atomic E-state index is 12.3. The lowest BCUT2D eigenvalue weighted by atomic mass is 10.1. The molecule has 0 unspecified atom stereocenters. The van der Waals surface area contributed by atoms with Crippen LogP contribution in [0, 0.1) is 0 Å². The number of carbonyl (C=O) groups excluding carboxylic acids is 4. The topological polar surface area (TPSA) is 234 Å². The number of carboxylic acid groups (broad SMARTS) is 1. The Hall–Kier alpha value is -3.71. The molecular weight excluding hydrogens is 426 g/mol. The Morgan fingerprint density at radius 1 is 0.969 bits per heavy atom. The maximum atomic E-state index is 12.3. The van der Waals surface area contributed by atoms with Crippen molar-refractivity contribution in [3.05, 3.63) is 29.8 Å². The van der Waals surface area contributed by atoms with E-state index in [4.69, 9.17) is 21.7 Å². The summed E-state index contributed by atoms with van der Waals surface area (Å²) in [4.78, 5) is 58.5. The second-order valence-corrected chi connectivity index (χ2v) is 6.90. The van der Waals surface area contributed by atoms with E-state index < -0.39 is 60.9 Å². The molecule has 0 heterocycles. The molecule has 0 fully saturated rings. The Morgan fingerprint density at radius 2 is 1.59 bits per heavy atom. The number of phenols is 1. The lowest BCUT2D eigenvalue weighted by Gasteiger charge is -2.20. The number of aliphatic hydroxyl groups excluding tert-OH is 1. The van der Waals surface area contributed by atoms with Crippen molar-refractivity contribution in [3.8, 4) is 5.75 Å². The fourth-order valence-corrected chi connectivity index (χ4v) is 2.54. The summed E-state index contributed by atoms with van der Waals surface area (Å²) in [7, 11) is 0. The van der Waals surface area contributed by atoms with Crippen LogP contribution in [0.15, 0.2) is 24.3 Å². The molecule has 0 radical (unpaired) electrons. The van der Waals surface area contributed by atoms with E-state index in [1.807, 2.05) is 5.32 Å². The van der Waals surface area contributed by atoms with Gasteiger partial charge in [-0.3, -0.25) is 19.2 Å². The molecular formula is C19H27N5O8. The number of nitrogens with one attached hydrogen (secondary N) is 3. The van der Waals surface area contributed by atoms with Crippen LogP contribution >= 0.6 is 0 Å². The predicted octanol–water partition coefficient (Wildman–Crippen LogP) is -3.31. The van der Waals surface area contributed by atoms with Gasteiger partial charge in [0, 0.05) is 6.42 Å². The van der Waals surface area contributed by atoms with Crippen molar-refractivity contribution in [3.63, 3.8) is 0 Å². The van der Waals surface area contributed by atoms with Gasteiger partial charge in [0.1, 0.15) is 17.8 Å². The SMILES string of the molecule is NC(=O)CC[C@H](NC(=O)CNC(=O)[C@@H](N)Cc1ccc(O)cc1)C(=O)N[C@@H](CO)C(=O)O. The van der Waals surface area contributed by atoms with Crippen LogP contribution in [0.1, 0.15) is 18.4 Å². The summed E-state index contributed by atoms with van der Waals surface area (Å²) in [5, 5.41) is 33.8. The maximum Gasteiger partial charge on any atom is 0.328 e. The van der Waals surface area contributed by atoms with Crippen molar-refractivity contribution < 1.29 is 39.3 Å². The monoisotopic (exact) mass is 453 g/mol. The van der Waals surface area contributed by atoms with Crippen molar-refractivity contribution in [2.45, 2.75) is 37.4 Å². The molecule has 32 heavy (non-hydrogen) atoms. The molecule has 10 N–H and O–H groups in total. The minimum absolute atomic E-state index is 0.0621. The molecule has 0 saturated heterocycles. The Labute approximate surface area is 183 Å². The Balaban J connectivity index is 2.63. The quantitative estimate of drug-likeness (QED) is 0.149. The van der Waals surface area contributed by atoms with Crippen LogP contribution in [-0.4, -0.2) is 76.2 Å². The third-order valence-corrected chi connectivity index (χ3v) is 4.28. The van der Waals surface area contributed by atoms with Gasteiger partial charge in [-0.15, -0.1) is 0 Å². The standard InChI is InChI=1S/C19H27N5O8/c20-12(7-10-1-3-11(26)4-2-10)17(29)22-8-16(28)23-13(5-6-15(21)27)18(30)24-14(9-25)19(31)32/h1-4,12-14,25-26H,5-9,20H2,(H2,21,27)(H,22,29)(H,23,28)(H,24,30)(H,31,32)/t12-,13-,14-/m0/s1. The number of aliphatic carboxylic acids is 1. The number of carbonyl (C=O) groups is 5. The van der Waals surface area contributed by atoms with Gasteiger partial charge in [-0.25, -0.2) is 4.79 Å². The van der Waals surface area contributed by atoms with Crippen molar-refractivity contribution in [1.29, 1.82) is 0 Å². The number of aromatic hydroxyl groups is 1. The van der Waals surface area contributed by atoms with E-state index >= 15 is 0 Å². The van der Waals surface area contributed by atoms with Crippen LogP contribution in [0.3, 0.4) is 0 Å². The minimum atomic E-state index is -1.60. The third kappa shape index (κ3) is 9.40. The van der Waals surface area contributed by atoms with Crippen LogP contribution < -0.4 is 27.4 Å². The van der Waals surface area contributed by atoms with Gasteiger partial charge in [0.05, 0.1) is 19.2 Å². The first-order valence-corrected chi connectivity index (χ1v) is 9.56. The van der Waals surface area contributed by atoms with Crippen molar-refractivity contribution in [2.24, 2.45) is 11.5 Å². The van der Waals surface area contributed by atoms with E-state index in [2.05, 4.69) is 10.6 Å². The summed E-state index contributed by atoms with van der Waals surface area (Å²) in [5.41, 5.74) is 11.5. The van der Waals surface area contributed by atoms with Crippen LogP contribution in [-0.2, 0) is 30.4 Å². The zero-order chi connectivity index (χ0) is 24.3. The first kappa shape index (κ1) is 26.3. The number of phenolic OH excluding ortho intramolecular Hbond substituents is 1. The zero-order valence-corrected chi connectivity index (χ0v) is 17.1. The van der Waals surface area contributed by atoms with Gasteiger partial charge < -0.3 is 42.7 Å². The Kier molecular flexibility index (Phi) is 10.6. The number of nitrogens with two attached hydrogens (primary N) is 2. The highest BCUT2D eigenvalue weighted by Crippen LogP contribution is 2.10. The number of rotatable bonds is 13. The highest BCUT2D eigenvalue weighted by atomic mass is 16.4. The van der Waals surface area contributed by atoms with Gasteiger partial charge in [-0.05, 0) is 30.5 Å². The summed E-state index contributed by atoms with van der Waals surface area (Å²) in [6.07, 6.45) is -0.354. The highest BCUT2D eigenvalue weighted by molar-refractivity contribution is 5.92. The van der Waals surface area contributed by atoms with E-state index in [1.54, 1.807) is 12.1 Å². The Bertz CT molecular complexity index is 830. The third-order valence-electron chi connectivity index (χ3n) is 4.28. The number of hydrogen-bond acceptors (Lipinski definition) is 8. The minimum Gasteiger partial charge on any atom is -0.508 e. The zero-order valence-electron chi connectivity index (χ0n) is 17.1. The smallest absolute Gasteiger partial charge is 0.328 e. The van der Waals surface area contributed by atoms with E-state index in [1.165, 1.54) is 12.1 Å². The number of amides is 4. The molecule has 0 bridgehead atoms. The second-order valence-electron chi connectivity index (χ2n) is 6.90. The molecule has 1 aromatic carbocycles. The van der Waals surface area contributed by atoms with Crippen LogP contribution in [0.25, 0.3) is 0 Å². The molecule has 0 aliphatic carbocycles. The number of benzene rings is 1. The molecule has 0 spiro atoms. The van der Waals surface area contributed by atoms with E-state index in [0.29, 0.717) is 5.56 Å². The van der Waals surface area contributed by atoms with Crippen molar-refractivity contribution >= 4 is 29.6 Å². The van der Waals surface area contributed by atoms with E-state index in [-0.39, 0.29) is 25.0 Å². The molecule has 0 aliphatic heterocycles. The highest BCUT2D eigenvalue weighted by Gasteiger charge is 2.26. The van der Waals surface area contributed by atoms with Gasteiger partial charge in [-0.2, -0.15) is 0 Å². The van der Waals surface area contributed by atoms with Crippen LogP contribution in [0.4, 0.5) is 0 Å². The molecule has 13 nitrogen and oxygen atoms in total. The summed E-state index contributed by atoms with van der Waals surface area (Å²) >= 11 is 0. The predicted molar refractivity (Wildman–Crippen MR) is 110 cm³/mol. The normalized spacial score (nSPS) is 13.3. The van der Waals surface area contributed by atoms with Crippen LogP contribution in [0.2, 0.25) is 0 Å². The number of primary amides is 1. The molecule has 0 aliphatic rings. The summed E-state index contributed by atoms with van der Waals surface area (Å²) in [6.45, 7) is -1.42. The summed E-state index contributed by atoms with van der Waals surface area (Å²) < 4.78 is 0. The van der Waals surface area contributed by atoms with Gasteiger partial charge in [0.2, 0.25) is 23.6 Å². The largest absolute Gasteiger partial charge is 0.508 e. The lowest BCUT2D eigenvalue weighted by molar-refractivity contribution is -0.143. The lowest BCUT2D eigenvalue weighted by Crippen LogP contribution is -2.54. The fraction of sp³-hybridized carbons (Fsp3) is 0.421. The Morgan fingerprint density at radius 3 is 2.12 bits per heavy atom.